The maximum Gasteiger partial charge on any atom is 0.265 e. The fraction of sp³-hybridized carbons (Fsp3) is 0.300. The smallest absolute Gasteiger partial charge is 0.265 e. The Bertz CT molecular complexity index is 1270. The molecule has 0 unspecified atom stereocenters. The molecule has 0 spiro atoms. The molecule has 0 radical (unpaired) electrons. The molecule has 8 nitrogen and oxygen atoms in total. The molecule has 4 aromatic heterocycles. The van der Waals surface area contributed by atoms with Gasteiger partial charge in [-0.05, 0) is 60.6 Å². The zero-order valence-corrected chi connectivity index (χ0v) is 20.6. The minimum absolute atomic E-state index is 0.158. The number of nitrogens with zero attached hydrogens (tertiary/aromatic N) is 6. The van der Waals surface area contributed by atoms with Crippen molar-refractivity contribution in [2.45, 2.75) is 40.9 Å². The Hall–Kier alpha value is -2.43. The highest BCUT2D eigenvalue weighted by Gasteiger charge is 2.18. The lowest BCUT2D eigenvalue weighted by molar-refractivity contribution is 0.103. The Kier molecular flexibility index (Phi) is 6.05. The number of thiophene rings is 1. The molecule has 11 heteroatoms. The average molecular weight is 523 g/mol. The summed E-state index contributed by atoms with van der Waals surface area (Å²) in [4.78, 5) is 13.5. The summed E-state index contributed by atoms with van der Waals surface area (Å²) in [6, 6.07) is 1.87. The van der Waals surface area contributed by atoms with Gasteiger partial charge in [0.15, 0.2) is 0 Å². The second-order valence-corrected chi connectivity index (χ2v) is 9.44. The monoisotopic (exact) mass is 521 g/mol. The molecule has 4 aromatic rings. The molecule has 1 N–H and O–H groups in total. The first-order valence-electron chi connectivity index (χ1n) is 9.53. The standard InChI is InChI=1S/C20H21BrClN7OS/c1-11-18(21)13(3)28(25-11)10-29-14(4)19(12(2)26-29)24-20(30)17-5-15(9-31-17)7-27-8-16(22)6-23-27/h5-6,8-9H,7,10H2,1-4H3,(H,24,30). The van der Waals surface area contributed by atoms with Gasteiger partial charge in [0.25, 0.3) is 5.91 Å². The van der Waals surface area contributed by atoms with E-state index in [9.17, 15) is 4.79 Å². The molecule has 0 saturated carbocycles. The number of hydrogen-bond donors (Lipinski definition) is 1. The highest BCUT2D eigenvalue weighted by atomic mass is 79.9. The third-order valence-electron chi connectivity index (χ3n) is 5.00. The second-order valence-electron chi connectivity index (χ2n) is 7.30. The first kappa shape index (κ1) is 21.8. The van der Waals surface area contributed by atoms with Crippen molar-refractivity contribution in [3.8, 4) is 0 Å². The summed E-state index contributed by atoms with van der Waals surface area (Å²) in [6.45, 7) is 8.82. The first-order chi connectivity index (χ1) is 14.7. The number of anilines is 1. The minimum Gasteiger partial charge on any atom is -0.318 e. The molecule has 0 aliphatic carbocycles. The maximum atomic E-state index is 12.9. The summed E-state index contributed by atoms with van der Waals surface area (Å²) >= 11 is 10.9. The molecule has 0 saturated heterocycles. The van der Waals surface area contributed by atoms with Crippen LogP contribution in [-0.4, -0.2) is 35.2 Å². The molecule has 0 atom stereocenters. The van der Waals surface area contributed by atoms with Crippen LogP contribution >= 0.6 is 38.9 Å². The lowest BCUT2D eigenvalue weighted by Gasteiger charge is -2.08. The molecular weight excluding hydrogens is 502 g/mol. The lowest BCUT2D eigenvalue weighted by atomic mass is 10.2. The van der Waals surface area contributed by atoms with E-state index < -0.39 is 0 Å². The number of aromatic nitrogens is 6. The van der Waals surface area contributed by atoms with Gasteiger partial charge in [-0.3, -0.25) is 9.48 Å². The van der Waals surface area contributed by atoms with E-state index in [0.717, 1.165) is 38.5 Å². The summed E-state index contributed by atoms with van der Waals surface area (Å²) in [5, 5.41) is 18.9. The van der Waals surface area contributed by atoms with Gasteiger partial charge in [0.1, 0.15) is 6.67 Å². The van der Waals surface area contributed by atoms with Crippen molar-refractivity contribution in [3.05, 3.63) is 66.6 Å². The molecule has 0 bridgehead atoms. The van der Waals surface area contributed by atoms with Gasteiger partial charge in [-0.1, -0.05) is 11.6 Å². The van der Waals surface area contributed by atoms with E-state index >= 15 is 0 Å². The van der Waals surface area contributed by atoms with Crippen LogP contribution in [0.4, 0.5) is 5.69 Å². The third-order valence-corrected chi connectivity index (χ3v) is 7.33. The predicted octanol–water partition coefficient (Wildman–Crippen LogP) is 4.79. The van der Waals surface area contributed by atoms with Crippen molar-refractivity contribution in [2.75, 3.05) is 5.32 Å². The topological polar surface area (TPSA) is 82.6 Å². The zero-order chi connectivity index (χ0) is 22.3. The highest BCUT2D eigenvalue weighted by molar-refractivity contribution is 9.10. The Balaban J connectivity index is 1.49. The van der Waals surface area contributed by atoms with E-state index in [0.29, 0.717) is 23.1 Å². The molecule has 1 amide bonds. The van der Waals surface area contributed by atoms with Crippen LogP contribution in [0.3, 0.4) is 0 Å². The van der Waals surface area contributed by atoms with Gasteiger partial charge in [0.2, 0.25) is 0 Å². The van der Waals surface area contributed by atoms with E-state index in [1.54, 1.807) is 17.1 Å². The van der Waals surface area contributed by atoms with Crippen molar-refractivity contribution in [2.24, 2.45) is 0 Å². The van der Waals surface area contributed by atoms with E-state index in [2.05, 4.69) is 36.5 Å². The summed E-state index contributed by atoms with van der Waals surface area (Å²) in [6.07, 6.45) is 3.34. The first-order valence-corrected chi connectivity index (χ1v) is 11.6. The van der Waals surface area contributed by atoms with E-state index in [4.69, 9.17) is 11.6 Å². The molecule has 0 aliphatic rings. The van der Waals surface area contributed by atoms with Crippen LogP contribution in [0.2, 0.25) is 5.02 Å². The molecule has 162 valence electrons. The van der Waals surface area contributed by atoms with Gasteiger partial charge in [-0.2, -0.15) is 15.3 Å². The van der Waals surface area contributed by atoms with Crippen LogP contribution in [0.25, 0.3) is 0 Å². The number of nitrogens with one attached hydrogen (secondary N) is 1. The Morgan fingerprint density at radius 1 is 1.16 bits per heavy atom. The van der Waals surface area contributed by atoms with Crippen molar-refractivity contribution in [1.82, 2.24) is 29.3 Å². The van der Waals surface area contributed by atoms with E-state index in [-0.39, 0.29) is 5.91 Å². The number of carbonyl (C=O) groups excluding carboxylic acids is 1. The Labute approximate surface area is 197 Å². The molecule has 4 rings (SSSR count). The van der Waals surface area contributed by atoms with Crippen molar-refractivity contribution in [1.29, 1.82) is 0 Å². The van der Waals surface area contributed by atoms with Gasteiger partial charge in [-0.25, -0.2) is 9.36 Å². The fourth-order valence-corrected chi connectivity index (χ4v) is 4.56. The molecule has 0 aromatic carbocycles. The van der Waals surface area contributed by atoms with Gasteiger partial charge < -0.3 is 5.32 Å². The number of aryl methyl sites for hydroxylation is 2. The molecule has 0 aliphatic heterocycles. The SMILES string of the molecule is Cc1nn(Cn2nc(C)c(NC(=O)c3cc(Cn4cc(Cl)cn4)cs3)c2C)c(C)c1Br. The quantitative estimate of drug-likeness (QED) is 0.395. The fourth-order valence-electron chi connectivity index (χ4n) is 3.32. The molecular formula is C20H21BrClN7OS. The molecule has 31 heavy (non-hydrogen) atoms. The van der Waals surface area contributed by atoms with Crippen LogP contribution in [0.1, 0.15) is 38.0 Å². The number of carbonyl (C=O) groups is 1. The summed E-state index contributed by atoms with van der Waals surface area (Å²) in [7, 11) is 0. The Morgan fingerprint density at radius 2 is 1.87 bits per heavy atom. The van der Waals surface area contributed by atoms with Gasteiger partial charge in [0.05, 0.1) is 55.6 Å². The summed E-state index contributed by atoms with van der Waals surface area (Å²) < 4.78 is 6.46. The molecule has 0 fully saturated rings. The van der Waals surface area contributed by atoms with Gasteiger partial charge in [0, 0.05) is 6.20 Å². The van der Waals surface area contributed by atoms with Crippen molar-refractivity contribution in [3.63, 3.8) is 0 Å². The Morgan fingerprint density at radius 3 is 2.52 bits per heavy atom. The van der Waals surface area contributed by atoms with E-state index in [1.165, 1.54) is 11.3 Å². The van der Waals surface area contributed by atoms with Crippen LogP contribution in [0.15, 0.2) is 28.3 Å². The predicted molar refractivity (Wildman–Crippen MR) is 125 cm³/mol. The zero-order valence-electron chi connectivity index (χ0n) is 17.5. The number of amides is 1. The highest BCUT2D eigenvalue weighted by Crippen LogP contribution is 2.24. The van der Waals surface area contributed by atoms with E-state index in [1.807, 2.05) is 48.5 Å². The largest absolute Gasteiger partial charge is 0.318 e. The number of rotatable bonds is 6. The second kappa shape index (κ2) is 8.60. The average Bonchev–Trinajstić information content (AvgIpc) is 3.47. The summed E-state index contributed by atoms with van der Waals surface area (Å²) in [5.74, 6) is -0.158. The van der Waals surface area contributed by atoms with Crippen molar-refractivity contribution < 1.29 is 4.79 Å². The molecule has 4 heterocycles. The minimum atomic E-state index is -0.158. The number of halogens is 2. The van der Waals surface area contributed by atoms with Crippen LogP contribution in [-0.2, 0) is 13.2 Å². The van der Waals surface area contributed by atoms with Crippen LogP contribution in [0.5, 0.6) is 0 Å². The third kappa shape index (κ3) is 4.46. The van der Waals surface area contributed by atoms with Crippen LogP contribution in [0, 0.1) is 27.7 Å². The van der Waals surface area contributed by atoms with Crippen molar-refractivity contribution >= 4 is 50.5 Å². The normalized spacial score (nSPS) is 11.3. The lowest BCUT2D eigenvalue weighted by Crippen LogP contribution is -2.15. The van der Waals surface area contributed by atoms with Gasteiger partial charge >= 0.3 is 0 Å². The van der Waals surface area contributed by atoms with Gasteiger partial charge in [-0.15, -0.1) is 11.3 Å². The summed E-state index contributed by atoms with van der Waals surface area (Å²) in [5.41, 5.74) is 5.30. The maximum absolute atomic E-state index is 12.9. The van der Waals surface area contributed by atoms with Crippen LogP contribution < -0.4 is 5.32 Å². The number of hydrogen-bond acceptors (Lipinski definition) is 5.